The van der Waals surface area contributed by atoms with Crippen LogP contribution in [-0.4, -0.2) is 28.3 Å². The van der Waals surface area contributed by atoms with Gasteiger partial charge < -0.3 is 5.32 Å². The van der Waals surface area contributed by atoms with E-state index in [0.29, 0.717) is 12.3 Å². The molecule has 0 atom stereocenters. The lowest BCUT2D eigenvalue weighted by molar-refractivity contribution is 0.102. The summed E-state index contributed by atoms with van der Waals surface area (Å²) in [6.45, 7) is 6.28. The average molecular weight is 305 g/mol. The molecule has 0 bridgehead atoms. The summed E-state index contributed by atoms with van der Waals surface area (Å²) in [7, 11) is 0. The van der Waals surface area contributed by atoms with Crippen molar-refractivity contribution in [1.29, 1.82) is 0 Å². The third-order valence-corrected chi connectivity index (χ3v) is 4.52. The predicted octanol–water partition coefficient (Wildman–Crippen LogP) is 3.42. The second-order valence-corrected chi connectivity index (χ2v) is 6.32. The molecular formula is C14H15N3OS2. The van der Waals surface area contributed by atoms with Crippen LogP contribution in [0.4, 0.5) is 5.13 Å². The number of carbonyl (C=O) groups excluding carboxylic acids is 1. The van der Waals surface area contributed by atoms with Gasteiger partial charge in [0.1, 0.15) is 0 Å². The molecule has 0 saturated heterocycles. The van der Waals surface area contributed by atoms with E-state index in [-0.39, 0.29) is 5.78 Å². The van der Waals surface area contributed by atoms with Crippen molar-refractivity contribution in [2.45, 2.75) is 11.3 Å². The Morgan fingerprint density at radius 1 is 1.40 bits per heavy atom. The SMILES string of the molecule is C=CCNc1nnc(SCC(=O)c2ccc(C)cc2)s1. The second-order valence-electron chi connectivity index (χ2n) is 4.12. The third kappa shape index (κ3) is 4.18. The molecule has 0 unspecified atom stereocenters. The molecule has 20 heavy (non-hydrogen) atoms. The molecule has 1 heterocycles. The van der Waals surface area contributed by atoms with Crippen molar-refractivity contribution in [2.24, 2.45) is 0 Å². The van der Waals surface area contributed by atoms with E-state index in [1.54, 1.807) is 6.08 Å². The minimum Gasteiger partial charge on any atom is -0.357 e. The van der Waals surface area contributed by atoms with Crippen LogP contribution in [0.15, 0.2) is 41.3 Å². The molecule has 0 spiro atoms. The molecule has 0 saturated carbocycles. The molecule has 0 aliphatic carbocycles. The summed E-state index contributed by atoms with van der Waals surface area (Å²) in [6.07, 6.45) is 1.76. The summed E-state index contributed by atoms with van der Waals surface area (Å²) < 4.78 is 0.789. The van der Waals surface area contributed by atoms with Crippen LogP contribution >= 0.6 is 23.1 Å². The molecule has 6 heteroatoms. The van der Waals surface area contributed by atoms with Crippen molar-refractivity contribution < 1.29 is 4.79 Å². The molecule has 4 nitrogen and oxygen atoms in total. The van der Waals surface area contributed by atoms with Crippen molar-refractivity contribution in [1.82, 2.24) is 10.2 Å². The Kier molecular flexibility index (Phi) is 5.31. The maximum absolute atomic E-state index is 12.0. The largest absolute Gasteiger partial charge is 0.357 e. The minimum atomic E-state index is 0.103. The zero-order chi connectivity index (χ0) is 14.4. The number of aryl methyl sites for hydroxylation is 1. The fourth-order valence-corrected chi connectivity index (χ4v) is 3.10. The highest BCUT2D eigenvalue weighted by molar-refractivity contribution is 8.01. The lowest BCUT2D eigenvalue weighted by atomic mass is 10.1. The number of rotatable bonds is 7. The van der Waals surface area contributed by atoms with Gasteiger partial charge >= 0.3 is 0 Å². The van der Waals surface area contributed by atoms with Crippen LogP contribution in [-0.2, 0) is 0 Å². The summed E-state index contributed by atoms with van der Waals surface area (Å²) in [5.41, 5.74) is 1.88. The summed E-state index contributed by atoms with van der Waals surface area (Å²) in [4.78, 5) is 12.0. The van der Waals surface area contributed by atoms with E-state index < -0.39 is 0 Å². The van der Waals surface area contributed by atoms with E-state index in [9.17, 15) is 4.79 Å². The smallest absolute Gasteiger partial charge is 0.206 e. The van der Waals surface area contributed by atoms with Gasteiger partial charge in [-0.3, -0.25) is 4.79 Å². The van der Waals surface area contributed by atoms with E-state index >= 15 is 0 Å². The Hall–Kier alpha value is -1.66. The molecule has 0 fully saturated rings. The van der Waals surface area contributed by atoms with Crippen LogP contribution < -0.4 is 5.32 Å². The van der Waals surface area contributed by atoms with E-state index in [1.165, 1.54) is 23.1 Å². The highest BCUT2D eigenvalue weighted by atomic mass is 32.2. The molecule has 1 N–H and O–H groups in total. The zero-order valence-electron chi connectivity index (χ0n) is 11.1. The van der Waals surface area contributed by atoms with Crippen LogP contribution in [0, 0.1) is 6.92 Å². The number of thioether (sulfide) groups is 1. The Bertz CT molecular complexity index is 593. The molecule has 0 aliphatic rings. The molecule has 1 aromatic heterocycles. The minimum absolute atomic E-state index is 0.103. The first-order valence-corrected chi connectivity index (χ1v) is 7.90. The van der Waals surface area contributed by atoms with E-state index in [4.69, 9.17) is 0 Å². The maximum atomic E-state index is 12.0. The van der Waals surface area contributed by atoms with Gasteiger partial charge in [0.2, 0.25) is 5.13 Å². The van der Waals surface area contributed by atoms with Crippen LogP contribution in [0.1, 0.15) is 15.9 Å². The normalized spacial score (nSPS) is 10.2. The topological polar surface area (TPSA) is 54.9 Å². The average Bonchev–Trinajstić information content (AvgIpc) is 2.91. The van der Waals surface area contributed by atoms with Crippen molar-refractivity contribution >= 4 is 34.0 Å². The number of carbonyl (C=O) groups is 1. The van der Waals surface area contributed by atoms with E-state index in [2.05, 4.69) is 22.1 Å². The van der Waals surface area contributed by atoms with Crippen molar-refractivity contribution in [2.75, 3.05) is 17.6 Å². The summed E-state index contributed by atoms with van der Waals surface area (Å²) in [6, 6.07) is 7.60. The Morgan fingerprint density at radius 2 is 2.15 bits per heavy atom. The molecule has 0 aliphatic heterocycles. The summed E-state index contributed by atoms with van der Waals surface area (Å²) in [5.74, 6) is 0.477. The number of ketones is 1. The Balaban J connectivity index is 1.88. The Morgan fingerprint density at radius 3 is 2.85 bits per heavy atom. The molecule has 0 radical (unpaired) electrons. The van der Waals surface area contributed by atoms with Crippen molar-refractivity contribution in [3.8, 4) is 0 Å². The monoisotopic (exact) mass is 305 g/mol. The number of hydrogen-bond acceptors (Lipinski definition) is 6. The number of aromatic nitrogens is 2. The molecule has 2 rings (SSSR count). The number of nitrogens with one attached hydrogen (secondary N) is 1. The second kappa shape index (κ2) is 7.21. The first-order valence-electron chi connectivity index (χ1n) is 6.10. The highest BCUT2D eigenvalue weighted by Crippen LogP contribution is 2.26. The number of nitrogens with zero attached hydrogens (tertiary/aromatic N) is 2. The first-order chi connectivity index (χ1) is 9.69. The number of hydrogen-bond donors (Lipinski definition) is 1. The molecule has 104 valence electrons. The summed E-state index contributed by atoms with van der Waals surface area (Å²) in [5, 5.41) is 11.8. The van der Waals surface area contributed by atoms with Crippen molar-refractivity contribution in [3.05, 3.63) is 48.0 Å². The van der Waals surface area contributed by atoms with Gasteiger partial charge in [0, 0.05) is 12.1 Å². The molecule has 0 amide bonds. The van der Waals surface area contributed by atoms with Crippen LogP contribution in [0.5, 0.6) is 0 Å². The fourth-order valence-electron chi connectivity index (χ4n) is 1.45. The predicted molar refractivity (Wildman–Crippen MR) is 84.8 cm³/mol. The van der Waals surface area contributed by atoms with E-state index in [1.807, 2.05) is 31.2 Å². The van der Waals surface area contributed by atoms with E-state index in [0.717, 1.165) is 20.6 Å². The molecule has 2 aromatic rings. The van der Waals surface area contributed by atoms with Gasteiger partial charge in [-0.1, -0.05) is 59.0 Å². The maximum Gasteiger partial charge on any atom is 0.206 e. The first kappa shape index (κ1) is 14.7. The van der Waals surface area contributed by atoms with Gasteiger partial charge in [-0.25, -0.2) is 0 Å². The third-order valence-electron chi connectivity index (χ3n) is 2.50. The van der Waals surface area contributed by atoms with Gasteiger partial charge in [-0.2, -0.15) is 0 Å². The van der Waals surface area contributed by atoms with Gasteiger partial charge in [0.05, 0.1) is 5.75 Å². The van der Waals surface area contributed by atoms with Gasteiger partial charge in [0.15, 0.2) is 10.1 Å². The lowest BCUT2D eigenvalue weighted by Gasteiger charge is -1.99. The fraction of sp³-hybridized carbons (Fsp3) is 0.214. The quantitative estimate of drug-likeness (QED) is 0.482. The number of anilines is 1. The molecule has 1 aromatic carbocycles. The van der Waals surface area contributed by atoms with Crippen molar-refractivity contribution in [3.63, 3.8) is 0 Å². The zero-order valence-corrected chi connectivity index (χ0v) is 12.8. The Labute approximate surface area is 126 Å². The highest BCUT2D eigenvalue weighted by Gasteiger charge is 2.09. The number of Topliss-reactive ketones (excluding diaryl/α,β-unsaturated/α-hetero) is 1. The number of benzene rings is 1. The van der Waals surface area contributed by atoms with Crippen LogP contribution in [0.2, 0.25) is 0 Å². The summed E-state index contributed by atoms with van der Waals surface area (Å²) >= 11 is 2.85. The standard InChI is InChI=1S/C14H15N3OS2/c1-3-8-15-13-16-17-14(20-13)19-9-12(18)11-6-4-10(2)5-7-11/h3-7H,1,8-9H2,2H3,(H,15,16). The lowest BCUT2D eigenvalue weighted by Crippen LogP contribution is -2.01. The molecular weight excluding hydrogens is 290 g/mol. The van der Waals surface area contributed by atoms with Crippen LogP contribution in [0.3, 0.4) is 0 Å². The van der Waals surface area contributed by atoms with Crippen LogP contribution in [0.25, 0.3) is 0 Å². The van der Waals surface area contributed by atoms with Gasteiger partial charge in [0.25, 0.3) is 0 Å². The van der Waals surface area contributed by atoms with Gasteiger partial charge in [-0.05, 0) is 6.92 Å². The van der Waals surface area contributed by atoms with Gasteiger partial charge in [-0.15, -0.1) is 16.8 Å².